The largest absolute Gasteiger partial charge is 0.405 e. The molecule has 0 spiro atoms. The Balaban J connectivity index is 2.96. The fourth-order valence-electron chi connectivity index (χ4n) is 1.97. The quantitative estimate of drug-likeness (QED) is 0.609. The van der Waals surface area contributed by atoms with Crippen molar-refractivity contribution in [2.75, 3.05) is 14.2 Å². The van der Waals surface area contributed by atoms with Crippen LogP contribution in [-0.2, 0) is 26.5 Å². The maximum Gasteiger partial charge on any atom is 0.405 e. The van der Waals surface area contributed by atoms with Gasteiger partial charge in [-0.1, -0.05) is 26.7 Å². The van der Waals surface area contributed by atoms with E-state index in [1.807, 2.05) is 6.07 Å². The molecule has 0 saturated heterocycles. The molecular weight excluding hydrogens is 273 g/mol. The van der Waals surface area contributed by atoms with Crippen LogP contribution in [0.15, 0.2) is 6.07 Å². The van der Waals surface area contributed by atoms with Gasteiger partial charge in [-0.15, -0.1) is 0 Å². The van der Waals surface area contributed by atoms with Gasteiger partial charge < -0.3 is 14.0 Å². The number of nitrogens with one attached hydrogen (secondary N) is 1. The van der Waals surface area contributed by atoms with E-state index in [2.05, 4.69) is 30.4 Å². The SMILES string of the molecule is CCCCc1[nH]c(C#CP(=O)(OC)OC)cc1CCC. The van der Waals surface area contributed by atoms with Gasteiger partial charge in [0.15, 0.2) is 0 Å². The fourth-order valence-corrected chi connectivity index (χ4v) is 2.56. The molecule has 5 heteroatoms. The number of unbranched alkanes of at least 4 members (excludes halogenated alkanes) is 1. The van der Waals surface area contributed by atoms with Crippen LogP contribution in [0.3, 0.4) is 0 Å². The molecule has 0 aliphatic carbocycles. The summed E-state index contributed by atoms with van der Waals surface area (Å²) in [4.78, 5) is 3.32. The summed E-state index contributed by atoms with van der Waals surface area (Å²) in [5, 5.41) is 0. The van der Waals surface area contributed by atoms with Crippen LogP contribution in [0.25, 0.3) is 0 Å². The van der Waals surface area contributed by atoms with E-state index in [9.17, 15) is 4.57 Å². The minimum Gasteiger partial charge on any atom is -0.352 e. The average molecular weight is 297 g/mol. The topological polar surface area (TPSA) is 51.3 Å². The van der Waals surface area contributed by atoms with Crippen LogP contribution in [0.5, 0.6) is 0 Å². The highest BCUT2D eigenvalue weighted by Crippen LogP contribution is 2.44. The Hall–Kier alpha value is -1.01. The van der Waals surface area contributed by atoms with Crippen LogP contribution in [0.1, 0.15) is 50.1 Å². The maximum atomic E-state index is 11.9. The number of H-pyrrole nitrogens is 1. The third kappa shape index (κ3) is 4.83. The lowest BCUT2D eigenvalue weighted by atomic mass is 10.1. The first-order chi connectivity index (χ1) is 9.58. The van der Waals surface area contributed by atoms with Gasteiger partial charge in [0.25, 0.3) is 0 Å². The number of hydrogen-bond acceptors (Lipinski definition) is 3. The second-order valence-electron chi connectivity index (χ2n) is 4.64. The van der Waals surface area contributed by atoms with Gasteiger partial charge in [-0.3, -0.25) is 0 Å². The Kier molecular flexibility index (Phi) is 7.09. The third-order valence-electron chi connectivity index (χ3n) is 3.10. The average Bonchev–Trinajstić information content (AvgIpc) is 2.85. The zero-order chi connectivity index (χ0) is 15.0. The minimum absolute atomic E-state index is 0.772. The van der Waals surface area contributed by atoms with Gasteiger partial charge in [-0.05, 0) is 36.8 Å². The van der Waals surface area contributed by atoms with Gasteiger partial charge in [0.1, 0.15) is 0 Å². The fraction of sp³-hybridized carbons (Fsp3) is 0.600. The molecule has 1 aromatic rings. The Bertz CT molecular complexity index is 517. The van der Waals surface area contributed by atoms with E-state index in [0.717, 1.165) is 37.8 Å². The minimum atomic E-state index is -3.27. The van der Waals surface area contributed by atoms with E-state index in [0.29, 0.717) is 0 Å². The highest BCUT2D eigenvalue weighted by molar-refractivity contribution is 7.59. The monoisotopic (exact) mass is 297 g/mol. The van der Waals surface area contributed by atoms with E-state index in [1.165, 1.54) is 25.5 Å². The summed E-state index contributed by atoms with van der Waals surface area (Å²) in [7, 11) is -0.598. The van der Waals surface area contributed by atoms with Gasteiger partial charge in [-0.2, -0.15) is 0 Å². The van der Waals surface area contributed by atoms with Gasteiger partial charge in [0.2, 0.25) is 0 Å². The molecule has 1 rings (SSSR count). The van der Waals surface area contributed by atoms with Crippen molar-refractivity contribution < 1.29 is 13.6 Å². The molecular formula is C15H24NO3P. The van der Waals surface area contributed by atoms with Crippen molar-refractivity contribution in [2.45, 2.75) is 46.0 Å². The summed E-state index contributed by atoms with van der Waals surface area (Å²) >= 11 is 0. The summed E-state index contributed by atoms with van der Waals surface area (Å²) in [5.41, 5.74) is 5.89. The zero-order valence-corrected chi connectivity index (χ0v) is 13.7. The molecule has 0 amide bonds. The lowest BCUT2D eigenvalue weighted by Gasteiger charge is -2.03. The first kappa shape index (κ1) is 17.0. The molecule has 1 heterocycles. The van der Waals surface area contributed by atoms with E-state index in [-0.39, 0.29) is 0 Å². The van der Waals surface area contributed by atoms with Crippen LogP contribution in [0.4, 0.5) is 0 Å². The maximum absolute atomic E-state index is 11.9. The van der Waals surface area contributed by atoms with Crippen molar-refractivity contribution in [2.24, 2.45) is 0 Å². The van der Waals surface area contributed by atoms with Crippen LogP contribution in [0.2, 0.25) is 0 Å². The first-order valence-corrected chi connectivity index (χ1v) is 8.58. The molecule has 0 aliphatic rings. The molecule has 0 aromatic carbocycles. The molecule has 1 aromatic heterocycles. The van der Waals surface area contributed by atoms with Crippen LogP contribution < -0.4 is 0 Å². The molecule has 0 atom stereocenters. The molecule has 0 unspecified atom stereocenters. The van der Waals surface area contributed by atoms with Crippen LogP contribution >= 0.6 is 7.60 Å². The van der Waals surface area contributed by atoms with Crippen molar-refractivity contribution in [1.82, 2.24) is 4.98 Å². The summed E-state index contributed by atoms with van der Waals surface area (Å²) in [6, 6.07) is 2.04. The van der Waals surface area contributed by atoms with Crippen molar-refractivity contribution >= 4 is 7.60 Å². The third-order valence-corrected chi connectivity index (χ3v) is 4.45. The highest BCUT2D eigenvalue weighted by atomic mass is 31.2. The standard InChI is InChI=1S/C15H24NO3P/c1-5-7-9-15-13(8-6-2)12-14(16-15)10-11-20(17,18-3)19-4/h12,16H,5-9H2,1-4H3. The molecule has 0 radical (unpaired) electrons. The smallest absolute Gasteiger partial charge is 0.352 e. The summed E-state index contributed by atoms with van der Waals surface area (Å²) in [6.45, 7) is 4.34. The van der Waals surface area contributed by atoms with Gasteiger partial charge in [0.05, 0.1) is 5.69 Å². The number of rotatable bonds is 7. The number of hydrogen-bond donors (Lipinski definition) is 1. The predicted molar refractivity (Wildman–Crippen MR) is 81.9 cm³/mol. The van der Waals surface area contributed by atoms with E-state index >= 15 is 0 Å². The molecule has 1 N–H and O–H groups in total. The van der Waals surface area contributed by atoms with Crippen molar-refractivity contribution in [3.05, 3.63) is 23.0 Å². The molecule has 0 fully saturated rings. The van der Waals surface area contributed by atoms with Crippen molar-refractivity contribution in [3.63, 3.8) is 0 Å². The Morgan fingerprint density at radius 1 is 1.20 bits per heavy atom. The first-order valence-electron chi connectivity index (χ1n) is 7.04. The Labute approximate surface area is 121 Å². The van der Waals surface area contributed by atoms with Crippen molar-refractivity contribution in [3.8, 4) is 11.6 Å². The zero-order valence-electron chi connectivity index (χ0n) is 12.8. The van der Waals surface area contributed by atoms with Crippen LogP contribution in [-0.4, -0.2) is 19.2 Å². The summed E-state index contributed by atoms with van der Waals surface area (Å²) in [6.07, 6.45) is 5.47. The highest BCUT2D eigenvalue weighted by Gasteiger charge is 2.16. The van der Waals surface area contributed by atoms with Gasteiger partial charge in [-0.25, -0.2) is 4.57 Å². The van der Waals surface area contributed by atoms with Gasteiger partial charge >= 0.3 is 7.60 Å². The Morgan fingerprint density at radius 3 is 2.45 bits per heavy atom. The summed E-state index contributed by atoms with van der Waals surface area (Å²) in [5.74, 6) is 2.86. The van der Waals surface area contributed by atoms with E-state index in [1.54, 1.807) is 0 Å². The molecule has 112 valence electrons. The normalized spacial score (nSPS) is 11.2. The van der Waals surface area contributed by atoms with Crippen LogP contribution in [0, 0.1) is 11.6 Å². The van der Waals surface area contributed by atoms with Crippen molar-refractivity contribution in [1.29, 1.82) is 0 Å². The lowest BCUT2D eigenvalue weighted by molar-refractivity contribution is 0.288. The number of aromatic amines is 1. The van der Waals surface area contributed by atoms with E-state index in [4.69, 9.17) is 9.05 Å². The number of aromatic nitrogens is 1. The second-order valence-corrected chi connectivity index (χ2v) is 6.59. The molecule has 4 nitrogen and oxygen atoms in total. The predicted octanol–water partition coefficient (Wildman–Crippen LogP) is 4.10. The second kappa shape index (κ2) is 8.32. The van der Waals surface area contributed by atoms with Gasteiger partial charge in [0, 0.05) is 25.6 Å². The molecule has 20 heavy (non-hydrogen) atoms. The van der Waals surface area contributed by atoms with E-state index < -0.39 is 7.60 Å². The number of aryl methyl sites for hydroxylation is 2. The molecule has 0 bridgehead atoms. The molecule has 0 saturated carbocycles. The Morgan fingerprint density at radius 2 is 1.90 bits per heavy atom. The summed E-state index contributed by atoms with van der Waals surface area (Å²) < 4.78 is 21.5. The molecule has 0 aliphatic heterocycles. The lowest BCUT2D eigenvalue weighted by Crippen LogP contribution is -1.91.